The van der Waals surface area contributed by atoms with Crippen LogP contribution in [0.4, 0.5) is 10.2 Å². The second kappa shape index (κ2) is 6.69. The highest BCUT2D eigenvalue weighted by molar-refractivity contribution is 7.18. The van der Waals surface area contributed by atoms with E-state index >= 15 is 0 Å². The Hall–Kier alpha value is -2.05. The van der Waals surface area contributed by atoms with Gasteiger partial charge in [0.15, 0.2) is 0 Å². The molecule has 0 bridgehead atoms. The topological polar surface area (TPSA) is 32.3 Å². The van der Waals surface area contributed by atoms with Crippen molar-refractivity contribution in [3.05, 3.63) is 52.4 Å². The van der Waals surface area contributed by atoms with Gasteiger partial charge < -0.3 is 4.90 Å². The minimum atomic E-state index is -0.119. The summed E-state index contributed by atoms with van der Waals surface area (Å²) in [6.07, 6.45) is 1.67. The molecule has 1 aliphatic heterocycles. The van der Waals surface area contributed by atoms with Crippen molar-refractivity contribution in [2.24, 2.45) is 0 Å². The Morgan fingerprint density at radius 1 is 1.08 bits per heavy atom. The van der Waals surface area contributed by atoms with Gasteiger partial charge >= 0.3 is 0 Å². The van der Waals surface area contributed by atoms with Crippen LogP contribution in [0, 0.1) is 19.7 Å². The Labute approximate surface area is 150 Å². The lowest BCUT2D eigenvalue weighted by Gasteiger charge is -2.35. The number of hydrogen-bond acceptors (Lipinski definition) is 5. The Balaban J connectivity index is 1.50. The maximum Gasteiger partial charge on any atom is 0.141 e. The Bertz CT molecular complexity index is 900. The van der Waals surface area contributed by atoms with E-state index in [1.54, 1.807) is 23.7 Å². The third-order valence-electron chi connectivity index (χ3n) is 4.97. The largest absolute Gasteiger partial charge is 0.353 e. The van der Waals surface area contributed by atoms with Gasteiger partial charge in [-0.1, -0.05) is 18.2 Å². The molecule has 0 amide bonds. The van der Waals surface area contributed by atoms with E-state index in [9.17, 15) is 4.39 Å². The highest BCUT2D eigenvalue weighted by Gasteiger charge is 2.22. The minimum Gasteiger partial charge on any atom is -0.353 e. The van der Waals surface area contributed by atoms with Crippen molar-refractivity contribution in [3.8, 4) is 0 Å². The van der Waals surface area contributed by atoms with Gasteiger partial charge in [0.1, 0.15) is 22.8 Å². The number of piperazine rings is 1. The molecule has 3 heterocycles. The van der Waals surface area contributed by atoms with Crippen molar-refractivity contribution in [3.63, 3.8) is 0 Å². The first kappa shape index (κ1) is 16.4. The van der Waals surface area contributed by atoms with Crippen LogP contribution in [0.3, 0.4) is 0 Å². The molecule has 1 fully saturated rings. The lowest BCUT2D eigenvalue weighted by Crippen LogP contribution is -2.46. The van der Waals surface area contributed by atoms with Crippen LogP contribution in [-0.4, -0.2) is 41.0 Å². The van der Waals surface area contributed by atoms with Gasteiger partial charge in [0.2, 0.25) is 0 Å². The molecule has 0 saturated carbocycles. The van der Waals surface area contributed by atoms with E-state index < -0.39 is 0 Å². The third-order valence-corrected chi connectivity index (χ3v) is 6.08. The first-order valence-corrected chi connectivity index (χ1v) is 9.36. The summed E-state index contributed by atoms with van der Waals surface area (Å²) in [5.74, 6) is 0.921. The number of nitrogens with zero attached hydrogens (tertiary/aromatic N) is 4. The summed E-state index contributed by atoms with van der Waals surface area (Å²) < 4.78 is 13.9. The van der Waals surface area contributed by atoms with Crippen molar-refractivity contribution in [1.82, 2.24) is 14.9 Å². The van der Waals surface area contributed by atoms with E-state index in [0.717, 1.165) is 42.4 Å². The molecule has 130 valence electrons. The monoisotopic (exact) mass is 356 g/mol. The minimum absolute atomic E-state index is 0.119. The number of benzene rings is 1. The molecule has 3 aromatic rings. The Morgan fingerprint density at radius 3 is 2.60 bits per heavy atom. The fourth-order valence-electron chi connectivity index (χ4n) is 3.39. The molecule has 0 radical (unpaired) electrons. The average molecular weight is 356 g/mol. The molecule has 4 nitrogen and oxygen atoms in total. The molecule has 0 aliphatic carbocycles. The molecule has 4 rings (SSSR count). The molecule has 0 N–H and O–H groups in total. The van der Waals surface area contributed by atoms with Crippen molar-refractivity contribution in [2.75, 3.05) is 31.1 Å². The summed E-state index contributed by atoms with van der Waals surface area (Å²) in [7, 11) is 0. The zero-order valence-electron chi connectivity index (χ0n) is 14.5. The quantitative estimate of drug-likeness (QED) is 0.715. The van der Waals surface area contributed by atoms with Crippen molar-refractivity contribution >= 4 is 27.4 Å². The number of thiophene rings is 1. The second-order valence-corrected chi connectivity index (χ2v) is 7.72. The molecule has 0 unspecified atom stereocenters. The van der Waals surface area contributed by atoms with E-state index in [-0.39, 0.29) is 5.82 Å². The van der Waals surface area contributed by atoms with Gasteiger partial charge in [-0.3, -0.25) is 4.90 Å². The molecule has 0 atom stereocenters. The number of halogens is 1. The highest BCUT2D eigenvalue weighted by atomic mass is 32.1. The summed E-state index contributed by atoms with van der Waals surface area (Å²) in [6.45, 7) is 8.55. The lowest BCUT2D eigenvalue weighted by atomic mass is 10.1. The molecule has 1 aliphatic rings. The SMILES string of the molecule is Cc1sc2ncnc(N3CCN(Cc4ccccc4F)CC3)c2c1C. The van der Waals surface area contributed by atoms with Crippen LogP contribution in [0.25, 0.3) is 10.2 Å². The summed E-state index contributed by atoms with van der Waals surface area (Å²) in [6, 6.07) is 7.04. The fraction of sp³-hybridized carbons (Fsp3) is 0.368. The van der Waals surface area contributed by atoms with Crippen molar-refractivity contribution in [2.45, 2.75) is 20.4 Å². The van der Waals surface area contributed by atoms with E-state index in [4.69, 9.17) is 0 Å². The van der Waals surface area contributed by atoms with Crippen molar-refractivity contribution < 1.29 is 4.39 Å². The molecule has 6 heteroatoms. The fourth-order valence-corrected chi connectivity index (χ4v) is 4.38. The lowest BCUT2D eigenvalue weighted by molar-refractivity contribution is 0.246. The van der Waals surface area contributed by atoms with Crippen LogP contribution in [0.1, 0.15) is 16.0 Å². The van der Waals surface area contributed by atoms with Gasteiger partial charge in [-0.15, -0.1) is 11.3 Å². The summed E-state index contributed by atoms with van der Waals surface area (Å²) in [5, 5.41) is 1.19. The van der Waals surface area contributed by atoms with E-state index in [1.807, 2.05) is 12.1 Å². The average Bonchev–Trinajstić information content (AvgIpc) is 2.92. The molecule has 1 saturated heterocycles. The van der Waals surface area contributed by atoms with Gasteiger partial charge in [0.25, 0.3) is 0 Å². The third kappa shape index (κ3) is 3.12. The number of aromatic nitrogens is 2. The van der Waals surface area contributed by atoms with E-state index in [0.29, 0.717) is 6.54 Å². The summed E-state index contributed by atoms with van der Waals surface area (Å²) in [5.41, 5.74) is 2.05. The first-order valence-electron chi connectivity index (χ1n) is 8.55. The number of rotatable bonds is 3. The summed E-state index contributed by atoms with van der Waals surface area (Å²) >= 11 is 1.73. The van der Waals surface area contributed by atoms with Crippen LogP contribution in [0.15, 0.2) is 30.6 Å². The normalized spacial score (nSPS) is 15.9. The zero-order chi connectivity index (χ0) is 17.4. The van der Waals surface area contributed by atoms with E-state index in [1.165, 1.54) is 21.9 Å². The van der Waals surface area contributed by atoms with E-state index in [2.05, 4.69) is 33.6 Å². The standard InChI is InChI=1S/C19H21FN4S/c1-13-14(2)25-19-17(13)18(21-12-22-19)24-9-7-23(8-10-24)11-15-5-3-4-6-16(15)20/h3-6,12H,7-11H2,1-2H3. The maximum atomic E-state index is 13.9. The number of hydrogen-bond donors (Lipinski definition) is 0. The Kier molecular flexibility index (Phi) is 4.39. The van der Waals surface area contributed by atoms with Crippen LogP contribution in [0.2, 0.25) is 0 Å². The maximum absolute atomic E-state index is 13.9. The zero-order valence-corrected chi connectivity index (χ0v) is 15.3. The van der Waals surface area contributed by atoms with Gasteiger partial charge in [0, 0.05) is 43.2 Å². The van der Waals surface area contributed by atoms with Gasteiger partial charge in [-0.05, 0) is 25.5 Å². The van der Waals surface area contributed by atoms with Crippen LogP contribution in [-0.2, 0) is 6.54 Å². The summed E-state index contributed by atoms with van der Waals surface area (Å²) in [4.78, 5) is 16.0. The molecule has 1 aromatic carbocycles. The van der Waals surface area contributed by atoms with Crippen LogP contribution < -0.4 is 4.90 Å². The predicted molar refractivity (Wildman–Crippen MR) is 101 cm³/mol. The van der Waals surface area contributed by atoms with Gasteiger partial charge in [0.05, 0.1) is 5.39 Å². The second-order valence-electron chi connectivity index (χ2n) is 6.52. The number of anilines is 1. The van der Waals surface area contributed by atoms with Crippen molar-refractivity contribution in [1.29, 1.82) is 0 Å². The van der Waals surface area contributed by atoms with Crippen LogP contribution in [0.5, 0.6) is 0 Å². The van der Waals surface area contributed by atoms with Crippen LogP contribution >= 0.6 is 11.3 Å². The number of fused-ring (bicyclic) bond motifs is 1. The molecular weight excluding hydrogens is 335 g/mol. The van der Waals surface area contributed by atoms with Gasteiger partial charge in [-0.2, -0.15) is 0 Å². The molecule has 25 heavy (non-hydrogen) atoms. The highest BCUT2D eigenvalue weighted by Crippen LogP contribution is 2.34. The molecule has 0 spiro atoms. The number of aryl methyl sites for hydroxylation is 2. The Morgan fingerprint density at radius 2 is 1.84 bits per heavy atom. The van der Waals surface area contributed by atoms with Gasteiger partial charge in [-0.25, -0.2) is 14.4 Å². The first-order chi connectivity index (χ1) is 12.1. The predicted octanol–water partition coefficient (Wildman–Crippen LogP) is 3.77. The molecule has 2 aromatic heterocycles. The smallest absolute Gasteiger partial charge is 0.141 e. The molecular formula is C19H21FN4S.